The number of piperazine rings is 1. The summed E-state index contributed by atoms with van der Waals surface area (Å²) >= 11 is 0. The summed E-state index contributed by atoms with van der Waals surface area (Å²) in [6.07, 6.45) is 11.1. The highest BCUT2D eigenvalue weighted by Crippen LogP contribution is 2.38. The van der Waals surface area contributed by atoms with Crippen LogP contribution in [-0.4, -0.2) is 100 Å². The van der Waals surface area contributed by atoms with E-state index < -0.39 is 11.9 Å². The lowest BCUT2D eigenvalue weighted by molar-refractivity contribution is -0.133. The first-order valence-corrected chi connectivity index (χ1v) is 23.8. The third-order valence-corrected chi connectivity index (χ3v) is 14.8. The lowest BCUT2D eigenvalue weighted by atomic mass is 9.84. The van der Waals surface area contributed by atoms with Crippen molar-refractivity contribution in [1.29, 1.82) is 0 Å². The van der Waals surface area contributed by atoms with Gasteiger partial charge in [0.25, 0.3) is 5.56 Å². The first-order valence-electron chi connectivity index (χ1n) is 23.8. The Morgan fingerprint density at radius 3 is 2.37 bits per heavy atom. The van der Waals surface area contributed by atoms with Crippen molar-refractivity contribution in [3.05, 3.63) is 123 Å². The van der Waals surface area contributed by atoms with Crippen molar-refractivity contribution in [2.75, 3.05) is 68.4 Å². The van der Waals surface area contributed by atoms with E-state index in [-0.39, 0.29) is 47.3 Å². The molecule has 352 valence electrons. The molecule has 4 aliphatic rings. The molecule has 3 N–H and O–H groups in total. The number of aromatic nitrogens is 3. The quantitative estimate of drug-likeness (QED) is 0.0847. The standard InChI is InChI=1S/C52H61F2N9O4/c1-32-26-37(27-42(54)49(32)35-15-19-61(20-16-35)33(2)46-30-40-44(14-18-56-51(40)59(46)4)63-21-17-38(55-3)29-48(63)65)50(66)36-7-5-6-34(8-9-36)31-60-22-24-62(25-23-60)45-12-10-39(28-41(45)53)57-43-11-13-47(64)58-52(43)67/h7,10,12,14,17-18,21,26-30,33-35,43,55,57H,5-6,8-9,11,13,15-16,19-20,22-25,31H2,1-4H3,(H,58,64,67). The summed E-state index contributed by atoms with van der Waals surface area (Å²) in [6, 6.07) is 15.3. The van der Waals surface area contributed by atoms with Gasteiger partial charge in [0.15, 0.2) is 5.78 Å². The average Bonchev–Trinajstić information content (AvgIpc) is 3.48. The zero-order chi connectivity index (χ0) is 46.9. The number of anilines is 3. The molecule has 13 nitrogen and oxygen atoms in total. The number of fused-ring (bicyclic) bond motifs is 1. The molecule has 1 aliphatic carbocycles. The minimum absolute atomic E-state index is 0.0503. The Morgan fingerprint density at radius 1 is 0.866 bits per heavy atom. The normalized spacial score (nSPS) is 20.6. The molecule has 3 aromatic heterocycles. The van der Waals surface area contributed by atoms with Gasteiger partial charge in [-0.25, -0.2) is 13.8 Å². The summed E-state index contributed by atoms with van der Waals surface area (Å²) in [5.41, 5.74) is 7.08. The molecule has 0 bridgehead atoms. The summed E-state index contributed by atoms with van der Waals surface area (Å²) in [5.74, 6) is -0.952. The Kier molecular flexibility index (Phi) is 13.4. The van der Waals surface area contributed by atoms with E-state index in [4.69, 9.17) is 0 Å². The van der Waals surface area contributed by atoms with Crippen LogP contribution in [0.15, 0.2) is 83.4 Å². The SMILES string of the molecule is CNc1ccn(-c2ccnc3c2cc(C(C)N2CCC(c4c(C)cc(C(=O)C5=CCCC(CN6CCN(c7ccc(NC8CCC(=O)NC8=O)cc7F)CC6)CC5)cc4F)CC2)n3C)c(=O)c1. The third kappa shape index (κ3) is 9.66. The van der Waals surface area contributed by atoms with Crippen LogP contribution in [-0.2, 0) is 16.6 Å². The van der Waals surface area contributed by atoms with Gasteiger partial charge >= 0.3 is 0 Å². The molecule has 67 heavy (non-hydrogen) atoms. The van der Waals surface area contributed by atoms with Gasteiger partial charge in [-0.1, -0.05) is 6.08 Å². The van der Waals surface area contributed by atoms with E-state index in [2.05, 4.69) is 59.3 Å². The summed E-state index contributed by atoms with van der Waals surface area (Å²) < 4.78 is 35.2. The molecule has 3 atom stereocenters. The van der Waals surface area contributed by atoms with Gasteiger partial charge in [-0.2, -0.15) is 0 Å². The number of piperidine rings is 2. The molecule has 9 rings (SSSR count). The summed E-state index contributed by atoms with van der Waals surface area (Å²) in [6.45, 7) is 9.60. The highest BCUT2D eigenvalue weighted by atomic mass is 19.1. The van der Waals surface area contributed by atoms with Gasteiger partial charge in [-0.3, -0.25) is 38.9 Å². The zero-order valence-electron chi connectivity index (χ0n) is 38.9. The van der Waals surface area contributed by atoms with Crippen LogP contribution in [0.3, 0.4) is 0 Å². The number of allylic oxidation sites excluding steroid dienone is 2. The van der Waals surface area contributed by atoms with E-state index in [9.17, 15) is 19.2 Å². The van der Waals surface area contributed by atoms with Crippen molar-refractivity contribution in [2.45, 2.75) is 83.2 Å². The van der Waals surface area contributed by atoms with Gasteiger partial charge in [0.05, 0.1) is 11.4 Å². The van der Waals surface area contributed by atoms with Gasteiger partial charge in [0, 0.05) is 106 Å². The van der Waals surface area contributed by atoms with E-state index in [0.717, 1.165) is 104 Å². The molecule has 0 radical (unpaired) electrons. The number of halogens is 2. The first-order chi connectivity index (χ1) is 32.3. The monoisotopic (exact) mass is 913 g/mol. The van der Waals surface area contributed by atoms with E-state index in [0.29, 0.717) is 54.4 Å². The fourth-order valence-electron chi connectivity index (χ4n) is 10.9. The predicted octanol–water partition coefficient (Wildman–Crippen LogP) is 7.63. The zero-order valence-corrected chi connectivity index (χ0v) is 38.9. The Labute approximate surface area is 390 Å². The molecule has 15 heteroatoms. The molecule has 3 unspecified atom stereocenters. The Morgan fingerprint density at radius 2 is 1.66 bits per heavy atom. The van der Waals surface area contributed by atoms with E-state index >= 15 is 8.78 Å². The Balaban J connectivity index is 0.762. The van der Waals surface area contributed by atoms with E-state index in [1.165, 1.54) is 12.1 Å². The number of hydrogen-bond donors (Lipinski definition) is 3. The number of imide groups is 1. The molecule has 2 aromatic carbocycles. The van der Waals surface area contributed by atoms with Gasteiger partial charge in [-0.15, -0.1) is 0 Å². The molecular formula is C52H61F2N9O4. The fourth-order valence-corrected chi connectivity index (χ4v) is 10.9. The van der Waals surface area contributed by atoms with Crippen LogP contribution in [0.5, 0.6) is 0 Å². The second-order valence-corrected chi connectivity index (χ2v) is 18.9. The summed E-state index contributed by atoms with van der Waals surface area (Å²) in [7, 11) is 3.80. The number of carbonyl (C=O) groups excluding carboxylic acids is 3. The second-order valence-electron chi connectivity index (χ2n) is 18.9. The highest BCUT2D eigenvalue weighted by Gasteiger charge is 2.31. The Hall–Kier alpha value is -6.19. The van der Waals surface area contributed by atoms with Crippen molar-refractivity contribution >= 4 is 45.7 Å². The lowest BCUT2D eigenvalue weighted by Crippen LogP contribution is -2.48. The molecule has 5 aromatic rings. The summed E-state index contributed by atoms with van der Waals surface area (Å²) in [4.78, 5) is 62.2. The Bertz CT molecular complexity index is 2760. The van der Waals surface area contributed by atoms with Gasteiger partial charge in [0.1, 0.15) is 23.3 Å². The number of rotatable bonds is 12. The molecule has 0 saturated carbocycles. The van der Waals surface area contributed by atoms with Crippen molar-refractivity contribution < 1.29 is 23.2 Å². The lowest BCUT2D eigenvalue weighted by Gasteiger charge is -2.37. The molecule has 3 saturated heterocycles. The highest BCUT2D eigenvalue weighted by molar-refractivity contribution is 6.09. The molecule has 6 heterocycles. The number of benzene rings is 2. The van der Waals surface area contributed by atoms with Crippen LogP contribution in [0.2, 0.25) is 0 Å². The van der Waals surface area contributed by atoms with Crippen molar-refractivity contribution in [2.24, 2.45) is 13.0 Å². The molecule has 0 spiro atoms. The largest absolute Gasteiger partial charge is 0.388 e. The van der Waals surface area contributed by atoms with E-state index in [1.807, 2.05) is 32.2 Å². The fraction of sp³-hybridized carbons (Fsp3) is 0.442. The van der Waals surface area contributed by atoms with Crippen LogP contribution in [0.25, 0.3) is 16.7 Å². The maximum atomic E-state index is 16.2. The molecular weight excluding hydrogens is 853 g/mol. The number of nitrogens with zero attached hydrogens (tertiary/aromatic N) is 6. The van der Waals surface area contributed by atoms with Crippen LogP contribution in [0, 0.1) is 24.5 Å². The third-order valence-electron chi connectivity index (χ3n) is 14.8. The van der Waals surface area contributed by atoms with Gasteiger partial charge < -0.3 is 20.1 Å². The minimum Gasteiger partial charge on any atom is -0.388 e. The van der Waals surface area contributed by atoms with Crippen LogP contribution in [0.4, 0.5) is 25.8 Å². The van der Waals surface area contributed by atoms with Crippen molar-refractivity contribution in [3.8, 4) is 5.69 Å². The van der Waals surface area contributed by atoms with Crippen LogP contribution >= 0.6 is 0 Å². The van der Waals surface area contributed by atoms with Crippen LogP contribution < -0.4 is 26.4 Å². The summed E-state index contributed by atoms with van der Waals surface area (Å²) in [5, 5.41) is 9.30. The number of carbonyl (C=O) groups is 3. The number of Topliss-reactive ketones (excluding diaryl/α,β-unsaturated/α-hetero) is 1. The van der Waals surface area contributed by atoms with E-state index in [1.54, 1.807) is 42.2 Å². The maximum absolute atomic E-state index is 16.2. The minimum atomic E-state index is -0.572. The molecule has 2 amide bonds. The van der Waals surface area contributed by atoms with Gasteiger partial charge in [-0.05, 0) is 149 Å². The number of nitrogens with one attached hydrogen (secondary N) is 3. The first kappa shape index (κ1) is 45.9. The predicted molar refractivity (Wildman–Crippen MR) is 258 cm³/mol. The van der Waals surface area contributed by atoms with Crippen LogP contribution in [0.1, 0.15) is 97.4 Å². The second kappa shape index (κ2) is 19.6. The van der Waals surface area contributed by atoms with Gasteiger partial charge in [0.2, 0.25) is 11.8 Å². The number of hydrogen-bond acceptors (Lipinski definition) is 10. The number of pyridine rings is 2. The molecule has 3 fully saturated rings. The number of amides is 2. The number of ketones is 1. The van der Waals surface area contributed by atoms with Crippen molar-refractivity contribution in [1.82, 2.24) is 29.2 Å². The van der Waals surface area contributed by atoms with Crippen molar-refractivity contribution in [3.63, 3.8) is 0 Å². The maximum Gasteiger partial charge on any atom is 0.257 e. The smallest absolute Gasteiger partial charge is 0.257 e. The average molecular weight is 914 g/mol. The topological polar surface area (TPSA) is 137 Å². The number of aryl methyl sites for hydroxylation is 2. The number of likely N-dealkylation sites (tertiary alicyclic amines) is 1. The molecule has 3 aliphatic heterocycles.